The molecule has 3 N–H and O–H groups in total. The molecule has 2 rings (SSSR count). The number of rotatable bonds is 6. The molecule has 0 bridgehead atoms. The van der Waals surface area contributed by atoms with E-state index in [9.17, 15) is 0 Å². The highest BCUT2D eigenvalue weighted by atomic mass is 16.5. The molecular weight excluding hydrogens is 256 g/mol. The van der Waals surface area contributed by atoms with Crippen molar-refractivity contribution in [2.45, 2.75) is 31.4 Å². The van der Waals surface area contributed by atoms with Crippen LogP contribution in [-0.2, 0) is 9.47 Å². The summed E-state index contributed by atoms with van der Waals surface area (Å²) in [5.41, 5.74) is 3.60. The average molecular weight is 280 g/mol. The molecule has 1 aliphatic rings. The quantitative estimate of drug-likeness (QED) is 0.614. The van der Waals surface area contributed by atoms with E-state index >= 15 is 0 Å². The van der Waals surface area contributed by atoms with Gasteiger partial charge in [0.15, 0.2) is 0 Å². The maximum absolute atomic E-state index is 6.10. The number of nitrogens with one attached hydrogen (secondary N) is 1. The van der Waals surface area contributed by atoms with Gasteiger partial charge in [0.2, 0.25) is 0 Å². The van der Waals surface area contributed by atoms with Gasteiger partial charge in [0, 0.05) is 38.2 Å². The van der Waals surface area contributed by atoms with Crippen LogP contribution in [0, 0.1) is 0 Å². The van der Waals surface area contributed by atoms with Crippen molar-refractivity contribution >= 4 is 0 Å². The number of hydrogen-bond acceptors (Lipinski definition) is 5. The zero-order valence-corrected chi connectivity index (χ0v) is 12.2. The molecule has 0 aromatic heterocycles. The Hall–Kier alpha value is -1.14. The second-order valence-corrected chi connectivity index (χ2v) is 4.95. The van der Waals surface area contributed by atoms with Gasteiger partial charge in [-0.05, 0) is 13.0 Å². The fourth-order valence-corrected chi connectivity index (χ4v) is 2.95. The summed E-state index contributed by atoms with van der Waals surface area (Å²) in [4.78, 5) is 0. The Morgan fingerprint density at radius 3 is 2.65 bits per heavy atom. The lowest BCUT2D eigenvalue weighted by Gasteiger charge is -2.43. The molecule has 0 amide bonds. The van der Waals surface area contributed by atoms with E-state index in [0.717, 1.165) is 24.2 Å². The van der Waals surface area contributed by atoms with E-state index in [1.807, 2.05) is 31.2 Å². The number of para-hydroxylation sites is 1. The topological polar surface area (TPSA) is 65.7 Å². The number of hydrazine groups is 1. The summed E-state index contributed by atoms with van der Waals surface area (Å²) in [5, 5.41) is 0. The third-order valence-corrected chi connectivity index (χ3v) is 3.91. The largest absolute Gasteiger partial charge is 0.496 e. The molecular formula is C15H24N2O3. The minimum atomic E-state index is -0.351. The Balaban J connectivity index is 2.37. The van der Waals surface area contributed by atoms with E-state index < -0.39 is 0 Å². The minimum absolute atomic E-state index is 0.123. The van der Waals surface area contributed by atoms with Crippen molar-refractivity contribution in [2.24, 2.45) is 5.84 Å². The molecule has 5 nitrogen and oxygen atoms in total. The molecule has 112 valence electrons. The Morgan fingerprint density at radius 1 is 1.35 bits per heavy atom. The molecule has 1 atom stereocenters. The third kappa shape index (κ3) is 2.96. The lowest BCUT2D eigenvalue weighted by molar-refractivity contribution is -0.128. The van der Waals surface area contributed by atoms with Gasteiger partial charge in [-0.15, -0.1) is 0 Å². The molecule has 1 unspecified atom stereocenters. The second-order valence-electron chi connectivity index (χ2n) is 4.95. The first kappa shape index (κ1) is 15.3. The summed E-state index contributed by atoms with van der Waals surface area (Å²) in [6.07, 6.45) is 1.63. The fraction of sp³-hybridized carbons (Fsp3) is 0.600. The van der Waals surface area contributed by atoms with Gasteiger partial charge in [0.1, 0.15) is 5.75 Å². The number of hydrogen-bond donors (Lipinski definition) is 2. The first-order chi connectivity index (χ1) is 9.77. The molecule has 1 fully saturated rings. The molecule has 20 heavy (non-hydrogen) atoms. The Bertz CT molecular complexity index is 414. The van der Waals surface area contributed by atoms with Gasteiger partial charge in [-0.1, -0.05) is 18.2 Å². The molecule has 5 heteroatoms. The van der Waals surface area contributed by atoms with Gasteiger partial charge in [-0.2, -0.15) is 0 Å². The summed E-state index contributed by atoms with van der Waals surface area (Å²) >= 11 is 0. The lowest BCUT2D eigenvalue weighted by atomic mass is 9.82. The predicted molar refractivity (Wildman–Crippen MR) is 77.5 cm³/mol. The van der Waals surface area contributed by atoms with Gasteiger partial charge in [-0.25, -0.2) is 5.43 Å². The number of benzene rings is 1. The molecule has 0 saturated carbocycles. The summed E-state index contributed by atoms with van der Waals surface area (Å²) in [7, 11) is 1.67. The van der Waals surface area contributed by atoms with Crippen molar-refractivity contribution in [2.75, 3.05) is 26.9 Å². The molecule has 1 aliphatic heterocycles. The van der Waals surface area contributed by atoms with Crippen LogP contribution in [0.3, 0.4) is 0 Å². The highest BCUT2D eigenvalue weighted by molar-refractivity contribution is 5.37. The summed E-state index contributed by atoms with van der Waals surface area (Å²) in [5.74, 6) is 6.67. The lowest BCUT2D eigenvalue weighted by Crippen LogP contribution is -2.51. The average Bonchev–Trinajstić information content (AvgIpc) is 2.49. The summed E-state index contributed by atoms with van der Waals surface area (Å²) < 4.78 is 17.0. The predicted octanol–water partition coefficient (Wildman–Crippen LogP) is 1.79. The first-order valence-corrected chi connectivity index (χ1v) is 7.08. The maximum atomic E-state index is 6.10. The minimum Gasteiger partial charge on any atom is -0.496 e. The normalized spacial score (nSPS) is 19.6. The molecule has 1 heterocycles. The Labute approximate surface area is 120 Å². The standard InChI is InChI=1S/C15H24N2O3/c1-3-20-15(8-10-19-11-9-15)14(17-16)12-6-4-5-7-13(12)18-2/h4-7,14,17H,3,8-11,16H2,1-2H3. The van der Waals surface area contributed by atoms with Crippen LogP contribution in [0.2, 0.25) is 0 Å². The highest BCUT2D eigenvalue weighted by Crippen LogP contribution is 2.40. The van der Waals surface area contributed by atoms with E-state index in [-0.39, 0.29) is 11.6 Å². The van der Waals surface area contributed by atoms with Crippen molar-refractivity contribution in [3.8, 4) is 5.75 Å². The molecule has 1 aromatic carbocycles. The van der Waals surface area contributed by atoms with E-state index in [0.29, 0.717) is 19.8 Å². The molecule has 1 aromatic rings. The summed E-state index contributed by atoms with van der Waals surface area (Å²) in [6, 6.07) is 7.79. The van der Waals surface area contributed by atoms with Gasteiger partial charge in [-0.3, -0.25) is 5.84 Å². The Morgan fingerprint density at radius 2 is 2.05 bits per heavy atom. The third-order valence-electron chi connectivity index (χ3n) is 3.91. The number of nitrogens with two attached hydrogens (primary N) is 1. The van der Waals surface area contributed by atoms with Crippen LogP contribution in [0.15, 0.2) is 24.3 Å². The van der Waals surface area contributed by atoms with Crippen LogP contribution in [0.4, 0.5) is 0 Å². The van der Waals surface area contributed by atoms with Crippen molar-refractivity contribution in [1.29, 1.82) is 0 Å². The SMILES string of the molecule is CCOC1(C(NN)c2ccccc2OC)CCOCC1. The fourth-order valence-electron chi connectivity index (χ4n) is 2.95. The molecule has 0 spiro atoms. The summed E-state index contributed by atoms with van der Waals surface area (Å²) in [6.45, 7) is 4.03. The van der Waals surface area contributed by atoms with Crippen LogP contribution in [0.5, 0.6) is 5.75 Å². The maximum Gasteiger partial charge on any atom is 0.123 e. The van der Waals surface area contributed by atoms with Crippen molar-refractivity contribution < 1.29 is 14.2 Å². The van der Waals surface area contributed by atoms with Gasteiger partial charge in [0.25, 0.3) is 0 Å². The van der Waals surface area contributed by atoms with Crippen molar-refractivity contribution in [3.05, 3.63) is 29.8 Å². The van der Waals surface area contributed by atoms with Crippen molar-refractivity contribution in [1.82, 2.24) is 5.43 Å². The van der Waals surface area contributed by atoms with Crippen molar-refractivity contribution in [3.63, 3.8) is 0 Å². The molecule has 0 radical (unpaired) electrons. The van der Waals surface area contributed by atoms with Gasteiger partial charge in [0.05, 0.1) is 18.8 Å². The second kappa shape index (κ2) is 7.04. The van der Waals surface area contributed by atoms with Crippen LogP contribution in [0.1, 0.15) is 31.4 Å². The van der Waals surface area contributed by atoms with Gasteiger partial charge >= 0.3 is 0 Å². The van der Waals surface area contributed by atoms with Gasteiger partial charge < -0.3 is 14.2 Å². The Kier molecular flexibility index (Phi) is 5.37. The van der Waals surface area contributed by atoms with E-state index in [4.69, 9.17) is 20.1 Å². The monoisotopic (exact) mass is 280 g/mol. The van der Waals surface area contributed by atoms with E-state index in [1.165, 1.54) is 0 Å². The molecule has 1 saturated heterocycles. The number of methoxy groups -OCH3 is 1. The zero-order valence-electron chi connectivity index (χ0n) is 12.2. The van der Waals surface area contributed by atoms with Crippen LogP contribution in [0.25, 0.3) is 0 Å². The molecule has 0 aliphatic carbocycles. The van der Waals surface area contributed by atoms with Crippen LogP contribution in [-0.4, -0.2) is 32.5 Å². The van der Waals surface area contributed by atoms with Crippen LogP contribution >= 0.6 is 0 Å². The zero-order chi connectivity index (χ0) is 14.4. The van der Waals surface area contributed by atoms with Crippen LogP contribution < -0.4 is 16.0 Å². The smallest absolute Gasteiger partial charge is 0.123 e. The van der Waals surface area contributed by atoms with E-state index in [1.54, 1.807) is 7.11 Å². The number of ether oxygens (including phenoxy) is 3. The van der Waals surface area contributed by atoms with E-state index in [2.05, 4.69) is 5.43 Å². The highest BCUT2D eigenvalue weighted by Gasteiger charge is 2.42. The first-order valence-electron chi connectivity index (χ1n) is 7.08.